The molecule has 2 heterocycles. The highest BCUT2D eigenvalue weighted by Gasteiger charge is 2.20. The number of ether oxygens (including phenoxy) is 1. The van der Waals surface area contributed by atoms with Gasteiger partial charge in [-0.05, 0) is 23.8 Å². The normalized spacial score (nSPS) is 24.1. The molecule has 1 fully saturated rings. The predicted octanol–water partition coefficient (Wildman–Crippen LogP) is 2.17. The van der Waals surface area contributed by atoms with Gasteiger partial charge >= 0.3 is 0 Å². The van der Waals surface area contributed by atoms with E-state index in [0.29, 0.717) is 6.10 Å². The van der Waals surface area contributed by atoms with Gasteiger partial charge in [-0.25, -0.2) is 0 Å². The van der Waals surface area contributed by atoms with Crippen LogP contribution >= 0.6 is 11.8 Å². The second-order valence-electron chi connectivity index (χ2n) is 4.10. The maximum atomic E-state index is 6.06. The van der Waals surface area contributed by atoms with Crippen LogP contribution < -0.4 is 10.1 Å². The van der Waals surface area contributed by atoms with Gasteiger partial charge in [0.1, 0.15) is 11.9 Å². The Labute approximate surface area is 94.4 Å². The quantitative estimate of drug-likeness (QED) is 0.827. The van der Waals surface area contributed by atoms with Crippen molar-refractivity contribution in [1.29, 1.82) is 0 Å². The zero-order chi connectivity index (χ0) is 10.1. The molecule has 1 aromatic rings. The van der Waals surface area contributed by atoms with Gasteiger partial charge in [0.25, 0.3) is 0 Å². The van der Waals surface area contributed by atoms with E-state index in [1.165, 1.54) is 23.3 Å². The summed E-state index contributed by atoms with van der Waals surface area (Å²) in [4.78, 5) is 0. The highest BCUT2D eigenvalue weighted by atomic mass is 32.2. The van der Waals surface area contributed by atoms with E-state index in [9.17, 15) is 0 Å². The lowest BCUT2D eigenvalue weighted by molar-refractivity contribution is 0.227. The number of rotatable bonds is 2. The number of hydrogen-bond donors (Lipinski definition) is 1. The average molecular weight is 221 g/mol. The summed E-state index contributed by atoms with van der Waals surface area (Å²) < 4.78 is 6.06. The van der Waals surface area contributed by atoms with Crippen LogP contribution in [0.1, 0.15) is 17.5 Å². The van der Waals surface area contributed by atoms with Crippen LogP contribution in [0.4, 0.5) is 0 Å². The standard InChI is InChI=1S/C12H15NOS/c1-2-9-6-13-7-11(9)12(3-1)14-10-4-5-15-8-10/h1-3,10,13H,4-8H2. The molecule has 1 N–H and O–H groups in total. The van der Waals surface area contributed by atoms with E-state index in [2.05, 4.69) is 23.5 Å². The zero-order valence-electron chi connectivity index (χ0n) is 8.66. The van der Waals surface area contributed by atoms with E-state index in [1.54, 1.807) is 0 Å². The van der Waals surface area contributed by atoms with Gasteiger partial charge in [0.05, 0.1) is 0 Å². The highest BCUT2D eigenvalue weighted by molar-refractivity contribution is 7.99. The number of fused-ring (bicyclic) bond motifs is 1. The lowest BCUT2D eigenvalue weighted by Crippen LogP contribution is -2.15. The van der Waals surface area contributed by atoms with E-state index in [0.717, 1.165) is 24.6 Å². The van der Waals surface area contributed by atoms with Crippen LogP contribution in [0.3, 0.4) is 0 Å². The monoisotopic (exact) mass is 221 g/mol. The van der Waals surface area contributed by atoms with Crippen LogP contribution in [0, 0.1) is 0 Å². The number of thioether (sulfide) groups is 1. The third-order valence-electron chi connectivity index (χ3n) is 3.03. The molecule has 1 aromatic carbocycles. The van der Waals surface area contributed by atoms with Gasteiger partial charge in [-0.3, -0.25) is 0 Å². The van der Waals surface area contributed by atoms with Crippen molar-refractivity contribution in [3.63, 3.8) is 0 Å². The molecule has 1 atom stereocenters. The molecule has 0 saturated carbocycles. The number of hydrogen-bond acceptors (Lipinski definition) is 3. The van der Waals surface area contributed by atoms with Gasteiger partial charge in [0, 0.05) is 24.4 Å². The average Bonchev–Trinajstić information content (AvgIpc) is 2.87. The van der Waals surface area contributed by atoms with Gasteiger partial charge in [0.15, 0.2) is 0 Å². The van der Waals surface area contributed by atoms with E-state index < -0.39 is 0 Å². The van der Waals surface area contributed by atoms with Crippen LogP contribution in [-0.2, 0) is 13.1 Å². The fraction of sp³-hybridized carbons (Fsp3) is 0.500. The Morgan fingerprint density at radius 2 is 2.33 bits per heavy atom. The van der Waals surface area contributed by atoms with Gasteiger partial charge in [-0.15, -0.1) is 0 Å². The minimum Gasteiger partial charge on any atom is -0.489 e. The summed E-state index contributed by atoms with van der Waals surface area (Å²) >= 11 is 1.99. The summed E-state index contributed by atoms with van der Waals surface area (Å²) in [5.74, 6) is 3.50. The van der Waals surface area contributed by atoms with Crippen LogP contribution in [0.15, 0.2) is 18.2 Å². The minimum atomic E-state index is 0.432. The van der Waals surface area contributed by atoms with Gasteiger partial charge < -0.3 is 10.1 Å². The molecule has 2 nitrogen and oxygen atoms in total. The first-order valence-corrected chi connectivity index (χ1v) is 6.65. The topological polar surface area (TPSA) is 21.3 Å². The fourth-order valence-corrected chi connectivity index (χ4v) is 3.29. The van der Waals surface area contributed by atoms with E-state index >= 15 is 0 Å². The van der Waals surface area contributed by atoms with Crippen molar-refractivity contribution < 1.29 is 4.74 Å². The Balaban J connectivity index is 1.82. The lowest BCUT2D eigenvalue weighted by atomic mass is 10.1. The minimum absolute atomic E-state index is 0.432. The molecule has 3 heteroatoms. The number of nitrogens with one attached hydrogen (secondary N) is 1. The zero-order valence-corrected chi connectivity index (χ0v) is 9.48. The summed E-state index contributed by atoms with van der Waals surface area (Å²) in [6.45, 7) is 1.96. The van der Waals surface area contributed by atoms with Crippen LogP contribution in [0.2, 0.25) is 0 Å². The van der Waals surface area contributed by atoms with Gasteiger partial charge in [-0.1, -0.05) is 12.1 Å². The summed E-state index contributed by atoms with van der Waals surface area (Å²) in [6, 6.07) is 6.39. The molecule has 1 saturated heterocycles. The SMILES string of the molecule is c1cc2c(c(OC3CCSC3)c1)CNC2. The molecule has 0 aliphatic carbocycles. The summed E-state index contributed by atoms with van der Waals surface area (Å²) in [5, 5.41) is 3.37. The first kappa shape index (κ1) is 9.55. The van der Waals surface area contributed by atoms with Crippen molar-refractivity contribution >= 4 is 11.8 Å². The molecule has 1 unspecified atom stereocenters. The summed E-state index contributed by atoms with van der Waals surface area (Å²) in [6.07, 6.45) is 1.63. The van der Waals surface area contributed by atoms with Crippen molar-refractivity contribution in [3.8, 4) is 5.75 Å². The summed E-state index contributed by atoms with van der Waals surface area (Å²) in [5.41, 5.74) is 2.77. The van der Waals surface area contributed by atoms with Crippen molar-refractivity contribution in [2.75, 3.05) is 11.5 Å². The molecule has 0 radical (unpaired) electrons. The maximum Gasteiger partial charge on any atom is 0.124 e. The molecule has 0 bridgehead atoms. The Morgan fingerprint density at radius 3 is 3.20 bits per heavy atom. The van der Waals surface area contributed by atoms with Gasteiger partial charge in [-0.2, -0.15) is 11.8 Å². The Bertz CT molecular complexity index is 361. The molecular weight excluding hydrogens is 206 g/mol. The largest absolute Gasteiger partial charge is 0.489 e. The molecule has 80 valence electrons. The Kier molecular flexibility index (Phi) is 2.59. The molecule has 2 aliphatic heterocycles. The van der Waals surface area contributed by atoms with E-state index in [-0.39, 0.29) is 0 Å². The lowest BCUT2D eigenvalue weighted by Gasteiger charge is -2.15. The van der Waals surface area contributed by atoms with E-state index in [1.807, 2.05) is 11.8 Å². The molecule has 0 spiro atoms. The van der Waals surface area contributed by atoms with Crippen molar-refractivity contribution in [2.45, 2.75) is 25.6 Å². The first-order chi connectivity index (χ1) is 7.43. The smallest absolute Gasteiger partial charge is 0.124 e. The third-order valence-corrected chi connectivity index (χ3v) is 4.16. The second kappa shape index (κ2) is 4.06. The fourth-order valence-electron chi connectivity index (χ4n) is 2.20. The maximum absolute atomic E-state index is 6.06. The molecule has 3 rings (SSSR count). The van der Waals surface area contributed by atoms with Crippen LogP contribution in [0.5, 0.6) is 5.75 Å². The highest BCUT2D eigenvalue weighted by Crippen LogP contribution is 2.29. The van der Waals surface area contributed by atoms with Crippen LogP contribution in [0.25, 0.3) is 0 Å². The van der Waals surface area contributed by atoms with E-state index in [4.69, 9.17) is 4.74 Å². The van der Waals surface area contributed by atoms with Gasteiger partial charge in [0.2, 0.25) is 0 Å². The first-order valence-electron chi connectivity index (χ1n) is 5.49. The third kappa shape index (κ3) is 1.86. The molecule has 0 amide bonds. The second-order valence-corrected chi connectivity index (χ2v) is 5.25. The number of benzene rings is 1. The van der Waals surface area contributed by atoms with Crippen molar-refractivity contribution in [2.24, 2.45) is 0 Å². The molecular formula is C12H15NOS. The van der Waals surface area contributed by atoms with Crippen molar-refractivity contribution in [3.05, 3.63) is 29.3 Å². The molecule has 0 aromatic heterocycles. The predicted molar refractivity (Wildman–Crippen MR) is 63.3 cm³/mol. The van der Waals surface area contributed by atoms with Crippen LogP contribution in [-0.4, -0.2) is 17.6 Å². The molecule has 2 aliphatic rings. The summed E-state index contributed by atoms with van der Waals surface area (Å²) in [7, 11) is 0. The Morgan fingerprint density at radius 1 is 1.33 bits per heavy atom. The van der Waals surface area contributed by atoms with Crippen molar-refractivity contribution in [1.82, 2.24) is 5.32 Å². The Hall–Kier alpha value is -0.670. The molecule has 15 heavy (non-hydrogen) atoms.